The number of imidazole rings is 1. The van der Waals surface area contributed by atoms with Crippen LogP contribution in [-0.4, -0.2) is 27.6 Å². The van der Waals surface area contributed by atoms with Crippen molar-refractivity contribution >= 4 is 17.9 Å². The van der Waals surface area contributed by atoms with Gasteiger partial charge in [0.25, 0.3) is 0 Å². The molecule has 2 heterocycles. The maximum absolute atomic E-state index is 13.2. The SMILES string of the molecule is C=C1NC=Nc2c1ncn2C1CC(CO)C(=C/F)/C1=C\F. The highest BCUT2D eigenvalue weighted by molar-refractivity contribution is 5.83. The van der Waals surface area contributed by atoms with Gasteiger partial charge in [-0.3, -0.25) is 0 Å². The number of aliphatic hydroxyl groups excluding tert-OH is 1. The molecule has 7 heteroatoms. The fourth-order valence-corrected chi connectivity index (χ4v) is 2.84. The first-order chi connectivity index (χ1) is 10.2. The third-order valence-corrected chi connectivity index (χ3v) is 3.91. The second-order valence-electron chi connectivity index (χ2n) is 4.97. The van der Waals surface area contributed by atoms with E-state index in [9.17, 15) is 13.9 Å². The fourth-order valence-electron chi connectivity index (χ4n) is 2.84. The fraction of sp³-hybridized carbons (Fsp3) is 0.286. The topological polar surface area (TPSA) is 62.4 Å². The highest BCUT2D eigenvalue weighted by Gasteiger charge is 2.37. The van der Waals surface area contributed by atoms with E-state index in [0.717, 1.165) is 0 Å². The van der Waals surface area contributed by atoms with Gasteiger partial charge in [-0.1, -0.05) is 6.58 Å². The normalized spacial score (nSPS) is 28.2. The van der Waals surface area contributed by atoms with Gasteiger partial charge >= 0.3 is 0 Å². The van der Waals surface area contributed by atoms with Gasteiger partial charge in [-0.05, 0) is 12.0 Å². The van der Waals surface area contributed by atoms with Crippen LogP contribution in [-0.2, 0) is 0 Å². The van der Waals surface area contributed by atoms with E-state index in [-0.39, 0.29) is 17.8 Å². The third-order valence-electron chi connectivity index (χ3n) is 3.91. The standard InChI is InChI=1S/C14H14F2N4O/c1-8-13-14(18-6-17-8)20(7-19-13)12-2-9(5-21)10(3-15)11(12)4-16/h3-4,6-7,9,12,21H,1-2,5H2,(H,17,18)/b10-3-,11-4+. The maximum atomic E-state index is 13.2. The number of nitrogens with zero attached hydrogens (tertiary/aromatic N) is 3. The van der Waals surface area contributed by atoms with Crippen molar-refractivity contribution in [3.05, 3.63) is 42.4 Å². The Bertz CT molecular complexity index is 675. The Labute approximate surface area is 120 Å². The number of aliphatic imine (C=N–C) groups is 1. The number of fused-ring (bicyclic) bond motifs is 1. The summed E-state index contributed by atoms with van der Waals surface area (Å²) >= 11 is 0. The number of nitrogens with one attached hydrogen (secondary N) is 1. The summed E-state index contributed by atoms with van der Waals surface area (Å²) in [5.41, 5.74) is 1.57. The summed E-state index contributed by atoms with van der Waals surface area (Å²) in [4.78, 5) is 8.41. The molecule has 0 bridgehead atoms. The highest BCUT2D eigenvalue weighted by Crippen LogP contribution is 2.46. The molecule has 1 fully saturated rings. The molecule has 0 spiro atoms. The van der Waals surface area contributed by atoms with E-state index in [2.05, 4.69) is 21.9 Å². The minimum absolute atomic E-state index is 0.184. The lowest BCUT2D eigenvalue weighted by atomic mass is 10.0. The first-order valence-electron chi connectivity index (χ1n) is 6.48. The van der Waals surface area contributed by atoms with Crippen LogP contribution in [0.3, 0.4) is 0 Å². The van der Waals surface area contributed by atoms with E-state index < -0.39 is 12.0 Å². The van der Waals surface area contributed by atoms with Crippen molar-refractivity contribution in [2.24, 2.45) is 10.9 Å². The quantitative estimate of drug-likeness (QED) is 0.879. The lowest BCUT2D eigenvalue weighted by Crippen LogP contribution is -2.14. The molecule has 0 saturated heterocycles. The largest absolute Gasteiger partial charge is 0.396 e. The molecule has 5 nitrogen and oxygen atoms in total. The van der Waals surface area contributed by atoms with E-state index in [4.69, 9.17) is 0 Å². The van der Waals surface area contributed by atoms with Gasteiger partial charge in [-0.25, -0.2) is 18.8 Å². The van der Waals surface area contributed by atoms with Crippen LogP contribution in [0.1, 0.15) is 18.2 Å². The van der Waals surface area contributed by atoms with Crippen LogP contribution < -0.4 is 5.32 Å². The second kappa shape index (κ2) is 5.25. The lowest BCUT2D eigenvalue weighted by molar-refractivity contribution is 0.242. The Balaban J connectivity index is 2.06. The minimum Gasteiger partial charge on any atom is -0.396 e. The van der Waals surface area contributed by atoms with E-state index >= 15 is 0 Å². The van der Waals surface area contributed by atoms with E-state index in [0.29, 0.717) is 36.3 Å². The van der Waals surface area contributed by atoms with Gasteiger partial charge < -0.3 is 15.0 Å². The summed E-state index contributed by atoms with van der Waals surface area (Å²) in [6.07, 6.45) is 4.15. The van der Waals surface area contributed by atoms with E-state index in [1.165, 1.54) is 12.7 Å². The zero-order valence-electron chi connectivity index (χ0n) is 11.1. The molecule has 2 unspecified atom stereocenters. The lowest BCUT2D eigenvalue weighted by Gasteiger charge is -2.17. The van der Waals surface area contributed by atoms with Gasteiger partial charge in [0.15, 0.2) is 5.82 Å². The van der Waals surface area contributed by atoms with Crippen LogP contribution >= 0.6 is 0 Å². The molecule has 3 rings (SSSR count). The molecule has 2 atom stereocenters. The Kier molecular flexibility index (Phi) is 3.42. The molecule has 0 aromatic carbocycles. The zero-order valence-corrected chi connectivity index (χ0v) is 11.1. The molecule has 21 heavy (non-hydrogen) atoms. The van der Waals surface area contributed by atoms with E-state index in [1.807, 2.05) is 0 Å². The number of aromatic nitrogens is 2. The molecule has 110 valence electrons. The first-order valence-corrected chi connectivity index (χ1v) is 6.48. The Morgan fingerprint density at radius 3 is 2.86 bits per heavy atom. The molecular formula is C14H14F2N4O. The predicted octanol–water partition coefficient (Wildman–Crippen LogP) is 2.38. The van der Waals surface area contributed by atoms with Crippen LogP contribution in [0, 0.1) is 5.92 Å². The second-order valence-corrected chi connectivity index (χ2v) is 4.97. The van der Waals surface area contributed by atoms with Crippen molar-refractivity contribution in [2.45, 2.75) is 12.5 Å². The molecule has 1 saturated carbocycles. The zero-order chi connectivity index (χ0) is 15.0. The summed E-state index contributed by atoms with van der Waals surface area (Å²) in [7, 11) is 0. The Morgan fingerprint density at radius 2 is 2.19 bits per heavy atom. The summed E-state index contributed by atoms with van der Waals surface area (Å²) in [6, 6.07) is -0.451. The smallest absolute Gasteiger partial charge is 0.164 e. The number of rotatable bonds is 2. The van der Waals surface area contributed by atoms with Crippen LogP contribution in [0.15, 0.2) is 41.7 Å². The number of halogens is 2. The summed E-state index contributed by atoms with van der Waals surface area (Å²) in [5, 5.41) is 12.2. The average molecular weight is 292 g/mol. The van der Waals surface area contributed by atoms with Crippen molar-refractivity contribution in [2.75, 3.05) is 6.61 Å². The van der Waals surface area contributed by atoms with Crippen molar-refractivity contribution in [1.29, 1.82) is 0 Å². The molecule has 2 aliphatic rings. The molecule has 1 aliphatic heterocycles. The summed E-state index contributed by atoms with van der Waals surface area (Å²) < 4.78 is 28.0. The molecule has 1 aromatic rings. The minimum atomic E-state index is -0.451. The van der Waals surface area contributed by atoms with Gasteiger partial charge in [0.05, 0.1) is 43.7 Å². The molecular weight excluding hydrogens is 278 g/mol. The number of hydrogen-bond acceptors (Lipinski definition) is 4. The van der Waals surface area contributed by atoms with Gasteiger partial charge in [-0.2, -0.15) is 0 Å². The predicted molar refractivity (Wildman–Crippen MR) is 75.2 cm³/mol. The molecule has 2 N–H and O–H groups in total. The first kappa shape index (κ1) is 13.7. The van der Waals surface area contributed by atoms with Crippen LogP contribution in [0.25, 0.3) is 5.70 Å². The summed E-state index contributed by atoms with van der Waals surface area (Å²) in [5.74, 6) is 0.105. The van der Waals surface area contributed by atoms with Crippen LogP contribution in [0.4, 0.5) is 14.6 Å². The van der Waals surface area contributed by atoms with Gasteiger partial charge in [0.1, 0.15) is 5.69 Å². The Hall–Kier alpha value is -2.28. The summed E-state index contributed by atoms with van der Waals surface area (Å²) in [6.45, 7) is 3.58. The highest BCUT2D eigenvalue weighted by atomic mass is 19.1. The van der Waals surface area contributed by atoms with Gasteiger partial charge in [0.2, 0.25) is 0 Å². The van der Waals surface area contributed by atoms with Crippen LogP contribution in [0.2, 0.25) is 0 Å². The average Bonchev–Trinajstić information content (AvgIpc) is 3.07. The van der Waals surface area contributed by atoms with Crippen molar-refractivity contribution in [3.63, 3.8) is 0 Å². The number of hydrogen-bond donors (Lipinski definition) is 2. The molecule has 0 radical (unpaired) electrons. The Morgan fingerprint density at radius 1 is 1.43 bits per heavy atom. The molecule has 1 aliphatic carbocycles. The van der Waals surface area contributed by atoms with Crippen molar-refractivity contribution < 1.29 is 13.9 Å². The molecule has 1 aromatic heterocycles. The number of aliphatic hydroxyl groups is 1. The maximum Gasteiger partial charge on any atom is 0.164 e. The van der Waals surface area contributed by atoms with Crippen molar-refractivity contribution in [3.8, 4) is 0 Å². The third kappa shape index (κ3) is 2.01. The molecule has 0 amide bonds. The monoisotopic (exact) mass is 292 g/mol. The van der Waals surface area contributed by atoms with Gasteiger partial charge in [0, 0.05) is 11.5 Å². The van der Waals surface area contributed by atoms with Gasteiger partial charge in [-0.15, -0.1) is 0 Å². The van der Waals surface area contributed by atoms with E-state index in [1.54, 1.807) is 4.57 Å². The van der Waals surface area contributed by atoms with Crippen molar-refractivity contribution in [1.82, 2.24) is 14.9 Å². The number of allylic oxidation sites excluding steroid dienone is 1. The van der Waals surface area contributed by atoms with Crippen LogP contribution in [0.5, 0.6) is 0 Å².